The van der Waals surface area contributed by atoms with Gasteiger partial charge >= 0.3 is 0 Å². The van der Waals surface area contributed by atoms with E-state index in [1.54, 1.807) is 34.0 Å². The van der Waals surface area contributed by atoms with Gasteiger partial charge in [0.1, 0.15) is 6.04 Å². The highest BCUT2D eigenvalue weighted by Crippen LogP contribution is 2.13. The Morgan fingerprint density at radius 1 is 0.853 bits per heavy atom. The van der Waals surface area contributed by atoms with Crippen LogP contribution in [-0.4, -0.2) is 69.5 Å². The number of nitrogens with one attached hydrogen (secondary N) is 4. The first-order valence-corrected chi connectivity index (χ1v) is 12.5. The summed E-state index contributed by atoms with van der Waals surface area (Å²) >= 11 is 0. The molecule has 0 aliphatic heterocycles. The van der Waals surface area contributed by atoms with E-state index >= 15 is 0 Å². The van der Waals surface area contributed by atoms with E-state index in [1.807, 2.05) is 7.05 Å². The lowest BCUT2D eigenvalue weighted by Crippen LogP contribution is -2.48. The molecule has 0 aromatic carbocycles. The zero-order chi connectivity index (χ0) is 25.8. The quantitative estimate of drug-likeness (QED) is 0.166. The fourth-order valence-electron chi connectivity index (χ4n) is 3.13. The first-order valence-electron chi connectivity index (χ1n) is 12.5. The average Bonchev–Trinajstić information content (AvgIpc) is 2.78. The van der Waals surface area contributed by atoms with Crippen LogP contribution in [0.4, 0.5) is 0 Å². The molecule has 0 saturated heterocycles. The van der Waals surface area contributed by atoms with Crippen LogP contribution < -0.4 is 21.3 Å². The highest BCUT2D eigenvalue weighted by atomic mass is 16.2. The van der Waals surface area contributed by atoms with Gasteiger partial charge in [-0.1, -0.05) is 33.6 Å². The number of amides is 3. The molecule has 0 rings (SSSR count). The van der Waals surface area contributed by atoms with E-state index in [1.165, 1.54) is 0 Å². The second kappa shape index (κ2) is 19.1. The summed E-state index contributed by atoms with van der Waals surface area (Å²) in [5.41, 5.74) is -0.535. The molecule has 0 aliphatic carbocycles. The SMILES string of the molecule is CN=CCCC(NC(=O)CCCCCNC(=O)CCCCCNC)C(=O)NCC(=O)C(C)(C)C. The molecule has 1 unspecified atom stereocenters. The molecule has 0 bridgehead atoms. The monoisotopic (exact) mass is 481 g/mol. The van der Waals surface area contributed by atoms with Crippen molar-refractivity contribution in [2.24, 2.45) is 10.4 Å². The van der Waals surface area contributed by atoms with Gasteiger partial charge < -0.3 is 26.3 Å². The van der Waals surface area contributed by atoms with Gasteiger partial charge in [0.2, 0.25) is 17.7 Å². The van der Waals surface area contributed by atoms with Crippen LogP contribution in [0.5, 0.6) is 0 Å². The van der Waals surface area contributed by atoms with Gasteiger partial charge in [-0.2, -0.15) is 0 Å². The Bertz CT molecular complexity index is 644. The van der Waals surface area contributed by atoms with Gasteiger partial charge in [0.25, 0.3) is 0 Å². The number of hydrogen-bond donors (Lipinski definition) is 4. The van der Waals surface area contributed by atoms with Crippen LogP contribution in [0.25, 0.3) is 0 Å². The number of ketones is 1. The number of Topliss-reactive ketones (excluding diaryl/α,β-unsaturated/α-hetero) is 1. The number of hydrogen-bond acceptors (Lipinski definition) is 6. The maximum atomic E-state index is 12.5. The van der Waals surface area contributed by atoms with E-state index in [0.717, 1.165) is 38.6 Å². The zero-order valence-electron chi connectivity index (χ0n) is 21.9. The van der Waals surface area contributed by atoms with E-state index in [4.69, 9.17) is 0 Å². The minimum absolute atomic E-state index is 0.0573. The summed E-state index contributed by atoms with van der Waals surface area (Å²) in [4.78, 5) is 52.7. The van der Waals surface area contributed by atoms with Gasteiger partial charge in [0.15, 0.2) is 5.78 Å². The molecule has 0 aromatic rings. The van der Waals surface area contributed by atoms with E-state index < -0.39 is 11.5 Å². The minimum Gasteiger partial charge on any atom is -0.356 e. The summed E-state index contributed by atoms with van der Waals surface area (Å²) in [6.45, 7) is 6.94. The maximum absolute atomic E-state index is 12.5. The van der Waals surface area contributed by atoms with Crippen LogP contribution in [-0.2, 0) is 19.2 Å². The van der Waals surface area contributed by atoms with Crippen molar-refractivity contribution < 1.29 is 19.2 Å². The molecule has 0 aliphatic rings. The second-order valence-corrected chi connectivity index (χ2v) is 9.60. The number of unbranched alkanes of at least 4 members (excludes halogenated alkanes) is 4. The molecular weight excluding hydrogens is 434 g/mol. The molecule has 0 spiro atoms. The van der Waals surface area contributed by atoms with E-state index in [-0.39, 0.29) is 30.0 Å². The molecule has 0 aromatic heterocycles. The van der Waals surface area contributed by atoms with Crippen LogP contribution in [0.15, 0.2) is 4.99 Å². The highest BCUT2D eigenvalue weighted by Gasteiger charge is 2.24. The molecule has 0 radical (unpaired) electrons. The first-order chi connectivity index (χ1) is 16.1. The highest BCUT2D eigenvalue weighted by molar-refractivity contribution is 5.92. The average molecular weight is 482 g/mol. The molecule has 0 fully saturated rings. The van der Waals surface area contributed by atoms with Crippen molar-refractivity contribution in [3.8, 4) is 0 Å². The lowest BCUT2D eigenvalue weighted by atomic mass is 9.91. The van der Waals surface area contributed by atoms with Gasteiger partial charge in [-0.05, 0) is 58.3 Å². The first kappa shape index (κ1) is 31.7. The summed E-state index contributed by atoms with van der Waals surface area (Å²) in [5.74, 6) is -0.538. The Morgan fingerprint density at radius 3 is 2.06 bits per heavy atom. The van der Waals surface area contributed by atoms with E-state index in [2.05, 4.69) is 26.3 Å². The Morgan fingerprint density at radius 2 is 1.47 bits per heavy atom. The molecular formula is C25H47N5O4. The molecule has 1 atom stereocenters. The van der Waals surface area contributed by atoms with Crippen molar-refractivity contribution in [1.82, 2.24) is 21.3 Å². The van der Waals surface area contributed by atoms with Crippen molar-refractivity contribution in [2.45, 2.75) is 91.0 Å². The largest absolute Gasteiger partial charge is 0.356 e. The molecule has 4 N–H and O–H groups in total. The Kier molecular flexibility index (Phi) is 17.8. The number of nitrogens with zero attached hydrogens (tertiary/aromatic N) is 1. The zero-order valence-corrected chi connectivity index (χ0v) is 21.9. The molecule has 9 nitrogen and oxygen atoms in total. The van der Waals surface area contributed by atoms with Gasteiger partial charge in [-0.15, -0.1) is 0 Å². The topological polar surface area (TPSA) is 129 Å². The predicted molar refractivity (Wildman–Crippen MR) is 137 cm³/mol. The molecule has 196 valence electrons. The van der Waals surface area contributed by atoms with Crippen molar-refractivity contribution in [3.63, 3.8) is 0 Å². The number of carbonyl (C=O) groups excluding carboxylic acids is 4. The van der Waals surface area contributed by atoms with Crippen molar-refractivity contribution in [1.29, 1.82) is 0 Å². The fraction of sp³-hybridized carbons (Fsp3) is 0.800. The summed E-state index contributed by atoms with van der Waals surface area (Å²) in [7, 11) is 3.58. The van der Waals surface area contributed by atoms with Crippen molar-refractivity contribution in [2.75, 3.05) is 33.7 Å². The maximum Gasteiger partial charge on any atom is 0.242 e. The van der Waals surface area contributed by atoms with Crippen LogP contribution in [0.3, 0.4) is 0 Å². The normalized spacial score (nSPS) is 12.4. The Hall–Kier alpha value is -2.29. The van der Waals surface area contributed by atoms with Gasteiger partial charge in [-0.25, -0.2) is 0 Å². The number of rotatable bonds is 19. The van der Waals surface area contributed by atoms with Gasteiger partial charge in [0, 0.05) is 31.8 Å². The van der Waals surface area contributed by atoms with Crippen LogP contribution in [0, 0.1) is 5.41 Å². The Labute approximate surface area is 205 Å². The summed E-state index contributed by atoms with van der Waals surface area (Å²) in [6, 6.07) is -0.703. The molecule has 0 saturated carbocycles. The smallest absolute Gasteiger partial charge is 0.242 e. The summed E-state index contributed by atoms with van der Waals surface area (Å²) < 4.78 is 0. The van der Waals surface area contributed by atoms with Crippen LogP contribution in [0.1, 0.15) is 85.0 Å². The molecule has 3 amide bonds. The van der Waals surface area contributed by atoms with Crippen LogP contribution >= 0.6 is 0 Å². The third kappa shape index (κ3) is 17.2. The minimum atomic E-state index is -0.703. The number of carbonyl (C=O) groups is 4. The van der Waals surface area contributed by atoms with E-state index in [0.29, 0.717) is 38.6 Å². The van der Waals surface area contributed by atoms with E-state index in [9.17, 15) is 19.2 Å². The fourth-order valence-corrected chi connectivity index (χ4v) is 3.13. The Balaban J connectivity index is 4.21. The predicted octanol–water partition coefficient (Wildman–Crippen LogP) is 2.14. The van der Waals surface area contributed by atoms with Crippen molar-refractivity contribution >= 4 is 29.7 Å². The summed E-state index contributed by atoms with van der Waals surface area (Å²) in [5, 5.41) is 11.5. The van der Waals surface area contributed by atoms with Crippen LogP contribution in [0.2, 0.25) is 0 Å². The van der Waals surface area contributed by atoms with Crippen molar-refractivity contribution in [3.05, 3.63) is 0 Å². The van der Waals surface area contributed by atoms with Gasteiger partial charge in [-0.3, -0.25) is 19.2 Å². The third-order valence-corrected chi connectivity index (χ3v) is 5.41. The lowest BCUT2D eigenvalue weighted by molar-refractivity contribution is -0.131. The molecule has 34 heavy (non-hydrogen) atoms. The lowest BCUT2D eigenvalue weighted by Gasteiger charge is -2.20. The third-order valence-electron chi connectivity index (χ3n) is 5.41. The second-order valence-electron chi connectivity index (χ2n) is 9.60. The number of aliphatic imine (C=N–C) groups is 1. The van der Waals surface area contributed by atoms with Gasteiger partial charge in [0.05, 0.1) is 6.54 Å². The molecule has 0 heterocycles. The standard InChI is InChI=1S/C25H47N5O4/c1-25(2,3)21(31)19-29-24(34)20(13-12-17-27-5)30-23(33)15-9-7-11-18-28-22(32)14-8-6-10-16-26-4/h17,20,26H,6-16,18-19H2,1-5H3,(H,28,32)(H,29,34)(H,30,33). The summed E-state index contributed by atoms with van der Waals surface area (Å²) in [6.07, 6.45) is 8.86. The molecule has 9 heteroatoms.